The molecule has 4 nitrogen and oxygen atoms in total. The van der Waals surface area contributed by atoms with E-state index >= 15 is 0 Å². The van der Waals surface area contributed by atoms with E-state index < -0.39 is 0 Å². The van der Waals surface area contributed by atoms with Crippen molar-refractivity contribution in [2.24, 2.45) is 0 Å². The summed E-state index contributed by atoms with van der Waals surface area (Å²) in [6.07, 6.45) is 5.95. The molecule has 1 fully saturated rings. The third-order valence-corrected chi connectivity index (χ3v) is 5.12. The highest BCUT2D eigenvalue weighted by Crippen LogP contribution is 2.27. The number of aliphatic hydroxyl groups is 1. The number of fused-ring (bicyclic) bond motifs is 1. The molecule has 0 radical (unpaired) electrons. The standard InChI is InChI=1S/C14H23N3OS/c18-11(10-17-6-1-2-7-17)8-15-9-14-16-12-4-3-5-13(12)19-14/h11,15,18H,1-10H2. The molecule has 106 valence electrons. The van der Waals surface area contributed by atoms with E-state index in [0.29, 0.717) is 6.54 Å². The lowest BCUT2D eigenvalue weighted by molar-refractivity contribution is 0.123. The highest BCUT2D eigenvalue weighted by molar-refractivity contribution is 7.11. The summed E-state index contributed by atoms with van der Waals surface area (Å²) in [5.74, 6) is 0. The summed E-state index contributed by atoms with van der Waals surface area (Å²) >= 11 is 1.84. The van der Waals surface area contributed by atoms with E-state index in [-0.39, 0.29) is 6.10 Å². The first-order valence-corrected chi connectivity index (χ1v) is 8.21. The van der Waals surface area contributed by atoms with Gasteiger partial charge in [0.2, 0.25) is 0 Å². The molecular formula is C14H23N3OS. The molecule has 0 saturated carbocycles. The van der Waals surface area contributed by atoms with Crippen molar-refractivity contribution in [3.63, 3.8) is 0 Å². The van der Waals surface area contributed by atoms with Gasteiger partial charge < -0.3 is 15.3 Å². The van der Waals surface area contributed by atoms with Gasteiger partial charge in [0, 0.05) is 24.5 Å². The Bertz CT molecular complexity index is 393. The summed E-state index contributed by atoms with van der Waals surface area (Å²) in [5.41, 5.74) is 1.32. The second kappa shape index (κ2) is 6.31. The summed E-state index contributed by atoms with van der Waals surface area (Å²) in [6.45, 7) is 4.57. The number of hydrogen-bond donors (Lipinski definition) is 2. The minimum Gasteiger partial charge on any atom is -0.390 e. The number of rotatable bonds is 6. The van der Waals surface area contributed by atoms with Crippen molar-refractivity contribution < 1.29 is 5.11 Å². The van der Waals surface area contributed by atoms with Crippen LogP contribution in [0.5, 0.6) is 0 Å². The average molecular weight is 281 g/mol. The minimum absolute atomic E-state index is 0.259. The van der Waals surface area contributed by atoms with Crippen LogP contribution >= 0.6 is 11.3 Å². The number of aryl methyl sites for hydroxylation is 2. The fourth-order valence-corrected chi connectivity index (χ4v) is 4.12. The van der Waals surface area contributed by atoms with Crippen molar-refractivity contribution in [2.45, 2.75) is 44.8 Å². The fourth-order valence-electron chi connectivity index (χ4n) is 2.99. The van der Waals surface area contributed by atoms with Gasteiger partial charge in [0.15, 0.2) is 0 Å². The van der Waals surface area contributed by atoms with E-state index in [9.17, 15) is 5.11 Å². The number of β-amino-alcohol motifs (C(OH)–C–C–N with tert-alkyl or cyclic N) is 1. The first-order chi connectivity index (χ1) is 9.31. The molecule has 2 heterocycles. The molecular weight excluding hydrogens is 258 g/mol. The van der Waals surface area contributed by atoms with Gasteiger partial charge in [-0.3, -0.25) is 0 Å². The van der Waals surface area contributed by atoms with Crippen LogP contribution in [0.25, 0.3) is 0 Å². The Morgan fingerprint density at radius 1 is 1.26 bits per heavy atom. The van der Waals surface area contributed by atoms with Gasteiger partial charge in [-0.25, -0.2) is 4.98 Å². The zero-order chi connectivity index (χ0) is 13.1. The minimum atomic E-state index is -0.259. The smallest absolute Gasteiger partial charge is 0.107 e. The summed E-state index contributed by atoms with van der Waals surface area (Å²) in [6, 6.07) is 0. The van der Waals surface area contributed by atoms with Crippen molar-refractivity contribution in [2.75, 3.05) is 26.2 Å². The quantitative estimate of drug-likeness (QED) is 0.822. The zero-order valence-electron chi connectivity index (χ0n) is 11.4. The molecule has 5 heteroatoms. The molecule has 1 aliphatic carbocycles. The van der Waals surface area contributed by atoms with Gasteiger partial charge in [0.25, 0.3) is 0 Å². The Balaban J connectivity index is 1.37. The van der Waals surface area contributed by atoms with Crippen LogP contribution in [0.3, 0.4) is 0 Å². The molecule has 2 N–H and O–H groups in total. The molecule has 1 unspecified atom stereocenters. The number of likely N-dealkylation sites (tertiary alicyclic amines) is 1. The second-order valence-electron chi connectivity index (χ2n) is 5.62. The van der Waals surface area contributed by atoms with Gasteiger partial charge in [0.1, 0.15) is 5.01 Å². The average Bonchev–Trinajstić information content (AvgIpc) is 3.04. The van der Waals surface area contributed by atoms with Crippen LogP contribution in [0.15, 0.2) is 0 Å². The lowest BCUT2D eigenvalue weighted by Gasteiger charge is -2.19. The molecule has 1 aromatic rings. The lowest BCUT2D eigenvalue weighted by Crippen LogP contribution is -2.36. The summed E-state index contributed by atoms with van der Waals surface area (Å²) in [5, 5.41) is 14.5. The Hall–Kier alpha value is -0.490. The fraction of sp³-hybridized carbons (Fsp3) is 0.786. The van der Waals surface area contributed by atoms with Gasteiger partial charge in [-0.15, -0.1) is 11.3 Å². The predicted molar refractivity (Wildman–Crippen MR) is 77.5 cm³/mol. The third kappa shape index (κ3) is 3.54. The molecule has 0 amide bonds. The van der Waals surface area contributed by atoms with E-state index in [1.54, 1.807) is 0 Å². The number of hydrogen-bond acceptors (Lipinski definition) is 5. The first-order valence-electron chi connectivity index (χ1n) is 7.40. The molecule has 0 aromatic carbocycles. The summed E-state index contributed by atoms with van der Waals surface area (Å²) in [7, 11) is 0. The predicted octanol–water partition coefficient (Wildman–Crippen LogP) is 1.18. The summed E-state index contributed by atoms with van der Waals surface area (Å²) < 4.78 is 0. The van der Waals surface area contributed by atoms with Crippen LogP contribution < -0.4 is 5.32 Å². The molecule has 1 aromatic heterocycles. The zero-order valence-corrected chi connectivity index (χ0v) is 12.2. The van der Waals surface area contributed by atoms with Gasteiger partial charge in [-0.2, -0.15) is 0 Å². The van der Waals surface area contributed by atoms with Crippen molar-refractivity contribution >= 4 is 11.3 Å². The van der Waals surface area contributed by atoms with E-state index in [1.165, 1.54) is 41.3 Å². The maximum absolute atomic E-state index is 9.98. The van der Waals surface area contributed by atoms with Crippen LogP contribution in [-0.4, -0.2) is 47.3 Å². The highest BCUT2D eigenvalue weighted by atomic mass is 32.1. The van der Waals surface area contributed by atoms with E-state index in [1.807, 2.05) is 11.3 Å². The normalized spacial score (nSPS) is 20.9. The SMILES string of the molecule is OC(CNCc1nc2c(s1)CCC2)CN1CCCC1. The van der Waals surface area contributed by atoms with E-state index in [4.69, 9.17) is 0 Å². The Labute approximate surface area is 118 Å². The van der Waals surface area contributed by atoms with Gasteiger partial charge in [0.05, 0.1) is 11.8 Å². The number of aliphatic hydroxyl groups excluding tert-OH is 1. The van der Waals surface area contributed by atoms with Gasteiger partial charge in [-0.05, 0) is 45.2 Å². The molecule has 1 saturated heterocycles. The second-order valence-corrected chi connectivity index (χ2v) is 6.79. The third-order valence-electron chi connectivity index (χ3n) is 3.96. The van der Waals surface area contributed by atoms with Crippen molar-refractivity contribution in [1.82, 2.24) is 15.2 Å². The molecule has 2 aliphatic rings. The molecule has 3 rings (SSSR count). The van der Waals surface area contributed by atoms with Crippen LogP contribution in [0.1, 0.15) is 34.8 Å². The highest BCUT2D eigenvalue weighted by Gasteiger charge is 2.17. The molecule has 0 spiro atoms. The molecule has 1 aliphatic heterocycles. The Morgan fingerprint density at radius 3 is 2.89 bits per heavy atom. The molecule has 0 bridgehead atoms. The van der Waals surface area contributed by atoms with Crippen LogP contribution in [0.2, 0.25) is 0 Å². The van der Waals surface area contributed by atoms with Crippen LogP contribution in [-0.2, 0) is 19.4 Å². The van der Waals surface area contributed by atoms with Crippen molar-refractivity contribution in [3.05, 3.63) is 15.6 Å². The first kappa shape index (κ1) is 13.5. The van der Waals surface area contributed by atoms with E-state index in [0.717, 1.165) is 32.6 Å². The molecule has 1 atom stereocenters. The topological polar surface area (TPSA) is 48.4 Å². The number of thiazole rings is 1. The number of nitrogens with zero attached hydrogens (tertiary/aromatic N) is 2. The van der Waals surface area contributed by atoms with E-state index in [2.05, 4.69) is 15.2 Å². The van der Waals surface area contributed by atoms with Crippen molar-refractivity contribution in [3.8, 4) is 0 Å². The largest absolute Gasteiger partial charge is 0.390 e. The van der Waals surface area contributed by atoms with Gasteiger partial charge >= 0.3 is 0 Å². The number of aromatic nitrogens is 1. The maximum Gasteiger partial charge on any atom is 0.107 e. The summed E-state index contributed by atoms with van der Waals surface area (Å²) in [4.78, 5) is 8.49. The van der Waals surface area contributed by atoms with Crippen molar-refractivity contribution in [1.29, 1.82) is 0 Å². The maximum atomic E-state index is 9.98. The Morgan fingerprint density at radius 2 is 2.11 bits per heavy atom. The monoisotopic (exact) mass is 281 g/mol. The van der Waals surface area contributed by atoms with Crippen LogP contribution in [0.4, 0.5) is 0 Å². The molecule has 19 heavy (non-hydrogen) atoms. The lowest BCUT2D eigenvalue weighted by atomic mass is 10.3. The van der Waals surface area contributed by atoms with Crippen LogP contribution in [0, 0.1) is 0 Å². The number of nitrogens with one attached hydrogen (secondary N) is 1. The van der Waals surface area contributed by atoms with Gasteiger partial charge in [-0.1, -0.05) is 0 Å². The Kier molecular flexibility index (Phi) is 4.48.